The van der Waals surface area contributed by atoms with Gasteiger partial charge in [0, 0.05) is 5.56 Å². The van der Waals surface area contributed by atoms with E-state index in [-0.39, 0.29) is 0 Å². The van der Waals surface area contributed by atoms with Crippen molar-refractivity contribution in [1.82, 2.24) is 0 Å². The van der Waals surface area contributed by atoms with E-state index < -0.39 is 0 Å². The van der Waals surface area contributed by atoms with Crippen LogP contribution >= 0.6 is 0 Å². The normalized spacial score (nSPS) is 10.2. The van der Waals surface area contributed by atoms with Gasteiger partial charge in [0.15, 0.2) is 0 Å². The first-order valence-electron chi connectivity index (χ1n) is 5.52. The monoisotopic (exact) mass is 227 g/mol. The third-order valence-corrected chi connectivity index (χ3v) is 2.47. The molecule has 0 atom stereocenters. The molecule has 2 aromatic rings. The quantitative estimate of drug-likeness (QED) is 0.777. The first-order valence-corrected chi connectivity index (χ1v) is 5.52. The summed E-state index contributed by atoms with van der Waals surface area (Å²) >= 11 is 0. The topological polar surface area (TPSA) is 18.5 Å². The van der Waals surface area contributed by atoms with Crippen LogP contribution in [0.1, 0.15) is 11.1 Å². The van der Waals surface area contributed by atoms with Gasteiger partial charge in [0.05, 0.1) is 13.7 Å². The van der Waals surface area contributed by atoms with Gasteiger partial charge in [0.1, 0.15) is 12.4 Å². The van der Waals surface area contributed by atoms with Crippen LogP contribution in [0.5, 0.6) is 5.75 Å². The zero-order valence-electron chi connectivity index (χ0n) is 9.63. The molecule has 2 heteroatoms. The molecular weight excluding hydrogens is 212 g/mol. The highest BCUT2D eigenvalue weighted by Crippen LogP contribution is 2.20. The molecule has 2 nitrogen and oxygen atoms in total. The Morgan fingerprint density at radius 1 is 0.824 bits per heavy atom. The number of para-hydroxylation sites is 1. The lowest BCUT2D eigenvalue weighted by molar-refractivity contribution is 0.219. The van der Waals surface area contributed by atoms with Crippen molar-refractivity contribution < 1.29 is 9.47 Å². The van der Waals surface area contributed by atoms with Crippen molar-refractivity contribution in [1.29, 1.82) is 0 Å². The SMILES string of the molecule is [CH2]OCc1ccccc1OCc1ccccc1. The van der Waals surface area contributed by atoms with Crippen LogP contribution in [0.4, 0.5) is 0 Å². The predicted octanol–water partition coefficient (Wildman–Crippen LogP) is 3.57. The molecule has 0 N–H and O–H groups in total. The van der Waals surface area contributed by atoms with E-state index in [1.807, 2.05) is 54.6 Å². The Bertz CT molecular complexity index is 451. The minimum Gasteiger partial charge on any atom is -0.489 e. The highest BCUT2D eigenvalue weighted by Gasteiger charge is 2.02. The molecule has 0 spiro atoms. The molecule has 0 aliphatic rings. The van der Waals surface area contributed by atoms with E-state index in [1.165, 1.54) is 0 Å². The Hall–Kier alpha value is -1.80. The van der Waals surface area contributed by atoms with Crippen LogP contribution in [-0.2, 0) is 18.0 Å². The van der Waals surface area contributed by atoms with Crippen molar-refractivity contribution in [2.75, 3.05) is 0 Å². The van der Waals surface area contributed by atoms with E-state index in [0.717, 1.165) is 16.9 Å². The van der Waals surface area contributed by atoms with Gasteiger partial charge in [-0.15, -0.1) is 0 Å². The van der Waals surface area contributed by atoms with Gasteiger partial charge < -0.3 is 9.47 Å². The van der Waals surface area contributed by atoms with Gasteiger partial charge >= 0.3 is 0 Å². The van der Waals surface area contributed by atoms with E-state index in [2.05, 4.69) is 7.11 Å². The predicted molar refractivity (Wildman–Crippen MR) is 67.4 cm³/mol. The Kier molecular flexibility index (Phi) is 4.17. The lowest BCUT2D eigenvalue weighted by Crippen LogP contribution is -1.98. The molecule has 2 aromatic carbocycles. The van der Waals surface area contributed by atoms with Gasteiger partial charge in [-0.2, -0.15) is 0 Å². The standard InChI is InChI=1S/C15H15O2/c1-16-12-14-9-5-6-10-15(14)17-11-13-7-3-2-4-8-13/h2-10H,1,11-12H2. The molecule has 2 rings (SSSR count). The number of benzene rings is 2. The maximum atomic E-state index is 5.77. The van der Waals surface area contributed by atoms with Crippen molar-refractivity contribution in [2.24, 2.45) is 0 Å². The molecule has 0 saturated carbocycles. The van der Waals surface area contributed by atoms with Crippen LogP contribution in [0, 0.1) is 7.11 Å². The fourth-order valence-electron chi connectivity index (χ4n) is 1.61. The van der Waals surface area contributed by atoms with Crippen molar-refractivity contribution in [2.45, 2.75) is 13.2 Å². The lowest BCUT2D eigenvalue weighted by atomic mass is 10.2. The molecule has 0 unspecified atom stereocenters. The van der Waals surface area contributed by atoms with Crippen molar-refractivity contribution in [3.63, 3.8) is 0 Å². The fourth-order valence-corrected chi connectivity index (χ4v) is 1.61. The molecule has 0 bridgehead atoms. The summed E-state index contributed by atoms with van der Waals surface area (Å²) in [5, 5.41) is 0. The van der Waals surface area contributed by atoms with Crippen molar-refractivity contribution >= 4 is 0 Å². The summed E-state index contributed by atoms with van der Waals surface area (Å²) in [6.07, 6.45) is 0. The third kappa shape index (κ3) is 3.33. The van der Waals surface area contributed by atoms with E-state index in [9.17, 15) is 0 Å². The minimum atomic E-state index is 0.463. The van der Waals surface area contributed by atoms with Crippen LogP contribution in [-0.4, -0.2) is 0 Å². The van der Waals surface area contributed by atoms with Crippen LogP contribution < -0.4 is 4.74 Å². The first-order chi connectivity index (χ1) is 8.40. The summed E-state index contributed by atoms with van der Waals surface area (Å²) in [6.45, 7) is 1.03. The second kappa shape index (κ2) is 6.06. The lowest BCUT2D eigenvalue weighted by Gasteiger charge is -2.10. The Morgan fingerprint density at radius 2 is 1.53 bits per heavy atom. The molecular formula is C15H15O2. The van der Waals surface area contributed by atoms with Crippen LogP contribution in [0.15, 0.2) is 54.6 Å². The van der Waals surface area contributed by atoms with E-state index in [1.54, 1.807) is 0 Å². The average molecular weight is 227 g/mol. The summed E-state index contributed by atoms with van der Waals surface area (Å²) < 4.78 is 10.7. The summed E-state index contributed by atoms with van der Waals surface area (Å²) in [4.78, 5) is 0. The second-order valence-corrected chi connectivity index (χ2v) is 3.73. The fraction of sp³-hybridized carbons (Fsp3) is 0.133. The molecule has 1 radical (unpaired) electrons. The highest BCUT2D eigenvalue weighted by molar-refractivity contribution is 5.33. The number of hydrogen-bond acceptors (Lipinski definition) is 2. The van der Waals surface area contributed by atoms with Gasteiger partial charge in [0.25, 0.3) is 0 Å². The molecule has 0 amide bonds. The Morgan fingerprint density at radius 3 is 2.29 bits per heavy atom. The van der Waals surface area contributed by atoms with Gasteiger partial charge in [0.2, 0.25) is 0 Å². The first kappa shape index (κ1) is 11.7. The summed E-state index contributed by atoms with van der Waals surface area (Å²) in [5.41, 5.74) is 2.16. The van der Waals surface area contributed by atoms with Crippen molar-refractivity contribution in [3.05, 3.63) is 72.8 Å². The maximum Gasteiger partial charge on any atom is 0.125 e. The molecule has 17 heavy (non-hydrogen) atoms. The van der Waals surface area contributed by atoms with Gasteiger partial charge in [-0.05, 0) is 11.6 Å². The molecule has 0 heterocycles. The van der Waals surface area contributed by atoms with Gasteiger partial charge in [-0.25, -0.2) is 0 Å². The Labute approximate surface area is 102 Å². The second-order valence-electron chi connectivity index (χ2n) is 3.73. The van der Waals surface area contributed by atoms with Crippen LogP contribution in [0.3, 0.4) is 0 Å². The highest BCUT2D eigenvalue weighted by atomic mass is 16.5. The minimum absolute atomic E-state index is 0.463. The average Bonchev–Trinajstić information content (AvgIpc) is 2.39. The molecule has 0 saturated heterocycles. The number of ether oxygens (including phenoxy) is 2. The number of rotatable bonds is 5. The number of hydrogen-bond donors (Lipinski definition) is 0. The van der Waals surface area contributed by atoms with Crippen molar-refractivity contribution in [3.8, 4) is 5.75 Å². The van der Waals surface area contributed by atoms with Crippen LogP contribution in [0.25, 0.3) is 0 Å². The smallest absolute Gasteiger partial charge is 0.125 e. The third-order valence-electron chi connectivity index (χ3n) is 2.47. The zero-order valence-corrected chi connectivity index (χ0v) is 9.63. The Balaban J connectivity index is 2.03. The molecule has 0 aliphatic heterocycles. The summed E-state index contributed by atoms with van der Waals surface area (Å²) in [5.74, 6) is 0.847. The molecule has 0 fully saturated rings. The van der Waals surface area contributed by atoms with Gasteiger partial charge in [-0.3, -0.25) is 0 Å². The van der Waals surface area contributed by atoms with Crippen LogP contribution in [0.2, 0.25) is 0 Å². The maximum absolute atomic E-state index is 5.77. The van der Waals surface area contributed by atoms with E-state index in [4.69, 9.17) is 9.47 Å². The molecule has 0 aliphatic carbocycles. The summed E-state index contributed by atoms with van der Waals surface area (Å²) in [7, 11) is 3.38. The summed E-state index contributed by atoms with van der Waals surface area (Å²) in [6, 6.07) is 17.9. The van der Waals surface area contributed by atoms with E-state index >= 15 is 0 Å². The zero-order chi connectivity index (χ0) is 11.9. The van der Waals surface area contributed by atoms with E-state index in [0.29, 0.717) is 13.2 Å². The largest absolute Gasteiger partial charge is 0.489 e. The molecule has 87 valence electrons. The van der Waals surface area contributed by atoms with Gasteiger partial charge in [-0.1, -0.05) is 48.5 Å². The molecule has 0 aromatic heterocycles.